The normalized spacial score (nSPS) is 28.1. The summed E-state index contributed by atoms with van der Waals surface area (Å²) in [7, 11) is 0. The van der Waals surface area contributed by atoms with Gasteiger partial charge in [0.2, 0.25) is 0 Å². The van der Waals surface area contributed by atoms with E-state index >= 15 is 0 Å². The van der Waals surface area contributed by atoms with Crippen LogP contribution in [-0.4, -0.2) is 18.4 Å². The molecule has 1 saturated carbocycles. The van der Waals surface area contributed by atoms with E-state index in [4.69, 9.17) is 4.74 Å². The minimum absolute atomic E-state index is 0.0172. The van der Waals surface area contributed by atoms with Crippen molar-refractivity contribution in [1.29, 1.82) is 0 Å². The van der Waals surface area contributed by atoms with Gasteiger partial charge < -0.3 is 9.53 Å². The van der Waals surface area contributed by atoms with Gasteiger partial charge >= 0.3 is 5.97 Å². The van der Waals surface area contributed by atoms with Crippen LogP contribution in [0.15, 0.2) is 0 Å². The number of carbonyl (C=O) groups is 2. The molecule has 1 aliphatic carbocycles. The number of hydrogen-bond donors (Lipinski definition) is 0. The second kappa shape index (κ2) is 5.00. The molecule has 1 fully saturated rings. The lowest BCUT2D eigenvalue weighted by Crippen LogP contribution is -2.29. The largest absolute Gasteiger partial charge is 0.462 e. The van der Waals surface area contributed by atoms with Crippen LogP contribution in [0.4, 0.5) is 0 Å². The molecule has 74 valence electrons. The van der Waals surface area contributed by atoms with E-state index in [0.717, 1.165) is 32.0 Å². The third kappa shape index (κ3) is 3.17. The fourth-order valence-corrected chi connectivity index (χ4v) is 1.94. The first kappa shape index (κ1) is 10.2. The predicted octanol–water partition coefficient (Wildman–Crippen LogP) is 1.70. The molecule has 13 heavy (non-hydrogen) atoms. The molecule has 1 rings (SSSR count). The van der Waals surface area contributed by atoms with Crippen LogP contribution in [-0.2, 0) is 14.3 Å². The predicted molar refractivity (Wildman–Crippen MR) is 48.2 cm³/mol. The van der Waals surface area contributed by atoms with Gasteiger partial charge in [0, 0.05) is 19.3 Å². The Hall–Kier alpha value is -0.860. The van der Waals surface area contributed by atoms with Crippen LogP contribution >= 0.6 is 0 Å². The number of carbonyl (C=O) groups excluding carboxylic acids is 2. The summed E-state index contributed by atoms with van der Waals surface area (Å²) in [5.74, 6) is 0.0259. The molecule has 0 spiro atoms. The molecule has 0 bridgehead atoms. The highest BCUT2D eigenvalue weighted by Crippen LogP contribution is 2.28. The molecule has 0 aromatic rings. The molecular formula is C10H16O3. The van der Waals surface area contributed by atoms with Gasteiger partial charge in [0.25, 0.3) is 0 Å². The molecular weight excluding hydrogens is 168 g/mol. The van der Waals surface area contributed by atoms with Crippen LogP contribution < -0.4 is 0 Å². The second-order valence-electron chi connectivity index (χ2n) is 3.59. The molecule has 0 heterocycles. The summed E-state index contributed by atoms with van der Waals surface area (Å²) in [6.07, 6.45) is 5.61. The Bertz CT molecular complexity index is 189. The summed E-state index contributed by atoms with van der Waals surface area (Å²) < 4.78 is 5.16. The Morgan fingerprint density at radius 3 is 2.77 bits per heavy atom. The Balaban J connectivity index is 2.45. The van der Waals surface area contributed by atoms with Crippen molar-refractivity contribution in [3.63, 3.8) is 0 Å². The van der Waals surface area contributed by atoms with Crippen molar-refractivity contribution in [2.45, 2.75) is 45.1 Å². The number of esters is 1. The SMILES string of the molecule is CC(=O)O[C@@H]1CCCC[C@@H]1CC=O. The van der Waals surface area contributed by atoms with Gasteiger partial charge in [-0.3, -0.25) is 4.79 Å². The van der Waals surface area contributed by atoms with Gasteiger partial charge in [-0.15, -0.1) is 0 Å². The fourth-order valence-electron chi connectivity index (χ4n) is 1.94. The maximum Gasteiger partial charge on any atom is 0.302 e. The summed E-state index contributed by atoms with van der Waals surface area (Å²) in [6.45, 7) is 1.42. The second-order valence-corrected chi connectivity index (χ2v) is 3.59. The van der Waals surface area contributed by atoms with Gasteiger partial charge in [-0.25, -0.2) is 0 Å². The Labute approximate surface area is 78.5 Å². The minimum atomic E-state index is -0.234. The summed E-state index contributed by atoms with van der Waals surface area (Å²) in [4.78, 5) is 21.1. The van der Waals surface area contributed by atoms with Gasteiger partial charge in [-0.1, -0.05) is 6.42 Å². The summed E-state index contributed by atoms with van der Waals surface area (Å²) in [6, 6.07) is 0. The molecule has 3 heteroatoms. The van der Waals surface area contributed by atoms with E-state index in [2.05, 4.69) is 0 Å². The standard InChI is InChI=1S/C10H16O3/c1-8(12)13-10-5-3-2-4-9(10)6-7-11/h7,9-10H,2-6H2,1H3/t9-,10-/m1/s1. The van der Waals surface area contributed by atoms with Crippen LogP contribution in [0, 0.1) is 5.92 Å². The monoisotopic (exact) mass is 184 g/mol. The Morgan fingerprint density at radius 1 is 1.46 bits per heavy atom. The average Bonchev–Trinajstić information content (AvgIpc) is 2.08. The van der Waals surface area contributed by atoms with E-state index in [9.17, 15) is 9.59 Å². The van der Waals surface area contributed by atoms with Crippen molar-refractivity contribution in [3.8, 4) is 0 Å². The van der Waals surface area contributed by atoms with Crippen molar-refractivity contribution in [2.75, 3.05) is 0 Å². The first-order valence-corrected chi connectivity index (χ1v) is 4.85. The zero-order valence-electron chi connectivity index (χ0n) is 7.99. The van der Waals surface area contributed by atoms with Gasteiger partial charge in [0.15, 0.2) is 0 Å². The van der Waals surface area contributed by atoms with Crippen molar-refractivity contribution >= 4 is 12.3 Å². The first-order chi connectivity index (χ1) is 6.24. The lowest BCUT2D eigenvalue weighted by atomic mass is 9.84. The van der Waals surface area contributed by atoms with E-state index in [1.165, 1.54) is 6.92 Å². The molecule has 0 saturated heterocycles. The lowest BCUT2D eigenvalue weighted by molar-refractivity contribution is -0.151. The molecule has 0 aliphatic heterocycles. The number of hydrogen-bond acceptors (Lipinski definition) is 3. The fraction of sp³-hybridized carbons (Fsp3) is 0.800. The Morgan fingerprint density at radius 2 is 2.15 bits per heavy atom. The van der Waals surface area contributed by atoms with Crippen LogP contribution in [0.2, 0.25) is 0 Å². The third-order valence-corrected chi connectivity index (χ3v) is 2.56. The third-order valence-electron chi connectivity index (χ3n) is 2.56. The summed E-state index contributed by atoms with van der Waals surface area (Å²) in [5.41, 5.74) is 0. The zero-order valence-corrected chi connectivity index (χ0v) is 7.99. The number of rotatable bonds is 3. The maximum absolute atomic E-state index is 10.8. The summed E-state index contributed by atoms with van der Waals surface area (Å²) >= 11 is 0. The molecule has 0 amide bonds. The Kier molecular flexibility index (Phi) is 3.93. The quantitative estimate of drug-likeness (QED) is 0.495. The molecule has 0 N–H and O–H groups in total. The van der Waals surface area contributed by atoms with Crippen molar-refractivity contribution < 1.29 is 14.3 Å². The molecule has 0 radical (unpaired) electrons. The zero-order chi connectivity index (χ0) is 9.68. The van der Waals surface area contributed by atoms with Crippen LogP contribution in [0.1, 0.15) is 39.0 Å². The van der Waals surface area contributed by atoms with Gasteiger partial charge in [0.05, 0.1) is 0 Å². The molecule has 2 atom stereocenters. The average molecular weight is 184 g/mol. The summed E-state index contributed by atoms with van der Waals surface area (Å²) in [5, 5.41) is 0. The molecule has 0 aromatic carbocycles. The van der Waals surface area contributed by atoms with Crippen molar-refractivity contribution in [3.05, 3.63) is 0 Å². The minimum Gasteiger partial charge on any atom is -0.462 e. The first-order valence-electron chi connectivity index (χ1n) is 4.85. The smallest absolute Gasteiger partial charge is 0.302 e. The van der Waals surface area contributed by atoms with Crippen molar-refractivity contribution in [1.82, 2.24) is 0 Å². The van der Waals surface area contributed by atoms with Gasteiger partial charge in [0.1, 0.15) is 12.4 Å². The molecule has 1 aliphatic rings. The highest BCUT2D eigenvalue weighted by Gasteiger charge is 2.26. The molecule has 0 aromatic heterocycles. The highest BCUT2D eigenvalue weighted by atomic mass is 16.5. The lowest BCUT2D eigenvalue weighted by Gasteiger charge is -2.29. The van der Waals surface area contributed by atoms with Gasteiger partial charge in [-0.05, 0) is 19.3 Å². The highest BCUT2D eigenvalue weighted by molar-refractivity contribution is 5.66. The number of ether oxygens (including phenoxy) is 1. The van der Waals surface area contributed by atoms with E-state index in [-0.39, 0.29) is 18.0 Å². The maximum atomic E-state index is 10.8. The van der Waals surface area contributed by atoms with E-state index in [1.54, 1.807) is 0 Å². The van der Waals surface area contributed by atoms with E-state index in [1.807, 2.05) is 0 Å². The van der Waals surface area contributed by atoms with E-state index in [0.29, 0.717) is 6.42 Å². The van der Waals surface area contributed by atoms with Crippen molar-refractivity contribution in [2.24, 2.45) is 5.92 Å². The molecule has 0 unspecified atom stereocenters. The number of aldehydes is 1. The molecule has 3 nitrogen and oxygen atoms in total. The van der Waals surface area contributed by atoms with Crippen LogP contribution in [0.5, 0.6) is 0 Å². The van der Waals surface area contributed by atoms with Crippen LogP contribution in [0.25, 0.3) is 0 Å². The van der Waals surface area contributed by atoms with Gasteiger partial charge in [-0.2, -0.15) is 0 Å². The van der Waals surface area contributed by atoms with Crippen LogP contribution in [0.3, 0.4) is 0 Å². The topological polar surface area (TPSA) is 43.4 Å². The van der Waals surface area contributed by atoms with E-state index < -0.39 is 0 Å².